The Balaban J connectivity index is 1.63. The summed E-state index contributed by atoms with van der Waals surface area (Å²) in [5.74, 6) is -0.277. The summed E-state index contributed by atoms with van der Waals surface area (Å²) in [6, 6.07) is 17.5. The topological polar surface area (TPSA) is 79.5 Å². The Morgan fingerprint density at radius 3 is 2.50 bits per heavy atom. The molecule has 0 bridgehead atoms. The Hall–Kier alpha value is -2.92. The van der Waals surface area contributed by atoms with E-state index in [0.29, 0.717) is 23.8 Å². The Kier molecular flexibility index (Phi) is 4.31. The maximum Gasteiger partial charge on any atom is 0.287 e. The van der Waals surface area contributed by atoms with Gasteiger partial charge in [0.05, 0.1) is 17.5 Å². The number of rotatable bonds is 4. The number of nitrogens with one attached hydrogen (secondary N) is 1. The molecular weight excluding hydrogens is 330 g/mol. The zero-order chi connectivity index (χ0) is 18.1. The van der Waals surface area contributed by atoms with Crippen LogP contribution in [-0.4, -0.2) is 17.1 Å². The van der Waals surface area contributed by atoms with Crippen LogP contribution >= 0.6 is 0 Å². The standard InChI is InChI=1S/C21H19NO4/c23-15-10-14(11-15)20(13-6-2-1-3-7-13)22-21(25)19-12-17(24)16-8-4-5-9-18(16)26-19/h1-9,12,14-15,20,23H,10-11H2,(H,22,25)/t14?,15?,20-/m0/s1. The molecule has 5 nitrogen and oxygen atoms in total. The summed E-state index contributed by atoms with van der Waals surface area (Å²) in [6.07, 6.45) is 0.963. The van der Waals surface area contributed by atoms with E-state index in [9.17, 15) is 14.7 Å². The normalized spacial score (nSPS) is 20.3. The first-order valence-corrected chi connectivity index (χ1v) is 8.68. The second kappa shape index (κ2) is 6.77. The first-order chi connectivity index (χ1) is 12.6. The van der Waals surface area contributed by atoms with Gasteiger partial charge in [0.2, 0.25) is 0 Å². The first kappa shape index (κ1) is 16.5. The number of benzene rings is 2. The third-order valence-electron chi connectivity index (χ3n) is 4.92. The van der Waals surface area contributed by atoms with Crippen molar-refractivity contribution in [2.45, 2.75) is 25.0 Å². The van der Waals surface area contributed by atoms with E-state index in [1.54, 1.807) is 24.3 Å². The first-order valence-electron chi connectivity index (χ1n) is 8.68. The quantitative estimate of drug-likeness (QED) is 0.759. The number of amides is 1. The molecule has 4 rings (SSSR count). The molecule has 1 amide bonds. The Morgan fingerprint density at radius 2 is 1.77 bits per heavy atom. The van der Waals surface area contributed by atoms with E-state index >= 15 is 0 Å². The molecular formula is C21H19NO4. The fourth-order valence-corrected chi connectivity index (χ4v) is 3.46. The molecule has 1 aromatic heterocycles. The van der Waals surface area contributed by atoms with Crippen LogP contribution < -0.4 is 10.7 Å². The van der Waals surface area contributed by atoms with Crippen molar-refractivity contribution >= 4 is 16.9 Å². The highest BCUT2D eigenvalue weighted by Crippen LogP contribution is 2.38. The molecule has 1 aliphatic rings. The van der Waals surface area contributed by atoms with Gasteiger partial charge < -0.3 is 14.8 Å². The minimum absolute atomic E-state index is 0.00509. The van der Waals surface area contributed by atoms with Crippen LogP contribution in [0.4, 0.5) is 0 Å². The molecule has 1 heterocycles. The lowest BCUT2D eigenvalue weighted by Gasteiger charge is -2.38. The summed E-state index contributed by atoms with van der Waals surface area (Å²) < 4.78 is 5.63. The molecule has 1 saturated carbocycles. The summed E-state index contributed by atoms with van der Waals surface area (Å²) in [4.78, 5) is 25.0. The Morgan fingerprint density at radius 1 is 1.08 bits per heavy atom. The zero-order valence-corrected chi connectivity index (χ0v) is 14.1. The molecule has 5 heteroatoms. The van der Waals surface area contributed by atoms with Gasteiger partial charge in [-0.1, -0.05) is 42.5 Å². The van der Waals surface area contributed by atoms with Gasteiger partial charge in [-0.3, -0.25) is 9.59 Å². The smallest absolute Gasteiger partial charge is 0.287 e. The van der Waals surface area contributed by atoms with Gasteiger partial charge >= 0.3 is 0 Å². The monoisotopic (exact) mass is 349 g/mol. The van der Waals surface area contributed by atoms with Crippen molar-refractivity contribution < 1.29 is 14.3 Å². The molecule has 0 radical (unpaired) electrons. The van der Waals surface area contributed by atoms with Crippen LogP contribution in [0.5, 0.6) is 0 Å². The lowest BCUT2D eigenvalue weighted by molar-refractivity contribution is 0.0232. The van der Waals surface area contributed by atoms with Gasteiger partial charge in [-0.2, -0.15) is 0 Å². The predicted octanol–water partition coefficient (Wildman–Crippen LogP) is 3.04. The average molecular weight is 349 g/mol. The largest absolute Gasteiger partial charge is 0.451 e. The summed E-state index contributed by atoms with van der Waals surface area (Å²) in [6.45, 7) is 0. The summed E-state index contributed by atoms with van der Waals surface area (Å²) >= 11 is 0. The van der Waals surface area contributed by atoms with Gasteiger partial charge in [0, 0.05) is 6.07 Å². The Bertz CT molecular complexity index is 990. The van der Waals surface area contributed by atoms with Crippen molar-refractivity contribution in [1.29, 1.82) is 0 Å². The molecule has 1 aliphatic carbocycles. The van der Waals surface area contributed by atoms with Crippen LogP contribution in [-0.2, 0) is 0 Å². The summed E-state index contributed by atoms with van der Waals surface area (Å²) in [5, 5.41) is 13.1. The van der Waals surface area contributed by atoms with Crippen molar-refractivity contribution in [2.24, 2.45) is 5.92 Å². The predicted molar refractivity (Wildman–Crippen MR) is 97.9 cm³/mol. The molecule has 0 spiro atoms. The third kappa shape index (κ3) is 3.13. The third-order valence-corrected chi connectivity index (χ3v) is 4.92. The summed E-state index contributed by atoms with van der Waals surface area (Å²) in [5.41, 5.74) is 1.12. The molecule has 3 aromatic rings. The fourth-order valence-electron chi connectivity index (χ4n) is 3.46. The second-order valence-electron chi connectivity index (χ2n) is 6.72. The van der Waals surface area contributed by atoms with E-state index < -0.39 is 5.91 Å². The van der Waals surface area contributed by atoms with Gasteiger partial charge in [0.15, 0.2) is 11.2 Å². The number of hydrogen-bond acceptors (Lipinski definition) is 4. The van der Waals surface area contributed by atoms with Crippen LogP contribution in [0.15, 0.2) is 69.9 Å². The lowest BCUT2D eigenvalue weighted by atomic mass is 9.75. The number of hydrogen-bond donors (Lipinski definition) is 2. The number of aliphatic hydroxyl groups excluding tert-OH is 1. The van der Waals surface area contributed by atoms with Crippen molar-refractivity contribution in [3.05, 3.63) is 82.2 Å². The van der Waals surface area contributed by atoms with E-state index in [-0.39, 0.29) is 29.3 Å². The van der Waals surface area contributed by atoms with Crippen LogP contribution in [0.25, 0.3) is 11.0 Å². The van der Waals surface area contributed by atoms with Crippen LogP contribution in [0, 0.1) is 5.92 Å². The highest BCUT2D eigenvalue weighted by atomic mass is 16.3. The van der Waals surface area contributed by atoms with Crippen molar-refractivity contribution in [3.8, 4) is 0 Å². The number of carbonyl (C=O) groups excluding carboxylic acids is 1. The lowest BCUT2D eigenvalue weighted by Crippen LogP contribution is -2.41. The highest BCUT2D eigenvalue weighted by molar-refractivity contribution is 5.93. The van der Waals surface area contributed by atoms with Crippen molar-refractivity contribution in [2.75, 3.05) is 0 Å². The number of para-hydroxylation sites is 1. The molecule has 1 atom stereocenters. The Labute approximate surface area is 150 Å². The average Bonchev–Trinajstić information content (AvgIpc) is 2.64. The molecule has 0 saturated heterocycles. The number of carbonyl (C=O) groups is 1. The SMILES string of the molecule is O=C(N[C@@H](c1ccccc1)C1CC(O)C1)c1cc(=O)c2ccccc2o1. The van der Waals surface area contributed by atoms with Gasteiger partial charge in [-0.15, -0.1) is 0 Å². The van der Waals surface area contributed by atoms with Crippen molar-refractivity contribution in [3.63, 3.8) is 0 Å². The van der Waals surface area contributed by atoms with Crippen LogP contribution in [0.2, 0.25) is 0 Å². The van der Waals surface area contributed by atoms with Gasteiger partial charge in [0.1, 0.15) is 5.58 Å². The molecule has 2 N–H and O–H groups in total. The van der Waals surface area contributed by atoms with Crippen LogP contribution in [0.3, 0.4) is 0 Å². The highest BCUT2D eigenvalue weighted by Gasteiger charge is 2.36. The van der Waals surface area contributed by atoms with Gasteiger partial charge in [0.25, 0.3) is 5.91 Å². The van der Waals surface area contributed by atoms with E-state index in [4.69, 9.17) is 4.42 Å². The fraction of sp³-hybridized carbons (Fsp3) is 0.238. The molecule has 132 valence electrons. The maximum atomic E-state index is 12.7. The zero-order valence-electron chi connectivity index (χ0n) is 14.1. The van der Waals surface area contributed by atoms with Gasteiger partial charge in [-0.25, -0.2) is 0 Å². The van der Waals surface area contributed by atoms with Gasteiger partial charge in [-0.05, 0) is 36.5 Å². The molecule has 2 aromatic carbocycles. The minimum atomic E-state index is -0.428. The maximum absolute atomic E-state index is 12.7. The second-order valence-corrected chi connectivity index (χ2v) is 6.72. The molecule has 26 heavy (non-hydrogen) atoms. The van der Waals surface area contributed by atoms with Crippen LogP contribution in [0.1, 0.15) is 35.0 Å². The van der Waals surface area contributed by atoms with E-state index in [2.05, 4.69) is 5.32 Å². The van der Waals surface area contributed by atoms with Crippen molar-refractivity contribution in [1.82, 2.24) is 5.32 Å². The molecule has 1 fully saturated rings. The number of aliphatic hydroxyl groups is 1. The minimum Gasteiger partial charge on any atom is -0.451 e. The molecule has 0 aliphatic heterocycles. The molecule has 0 unspecified atom stereocenters. The number of fused-ring (bicyclic) bond motifs is 1. The van der Waals surface area contributed by atoms with E-state index in [1.807, 2.05) is 30.3 Å². The van der Waals surface area contributed by atoms with E-state index in [0.717, 1.165) is 5.56 Å². The summed E-state index contributed by atoms with van der Waals surface area (Å²) in [7, 11) is 0. The van der Waals surface area contributed by atoms with E-state index in [1.165, 1.54) is 6.07 Å².